The van der Waals surface area contributed by atoms with Crippen molar-refractivity contribution in [1.82, 2.24) is 10.2 Å². The first-order valence-corrected chi connectivity index (χ1v) is 10.5. The average Bonchev–Trinajstić information content (AvgIpc) is 3.20. The van der Waals surface area contributed by atoms with Crippen molar-refractivity contribution in [3.8, 4) is 11.5 Å². The first kappa shape index (κ1) is 21.3. The number of amides is 1. The number of rotatable bonds is 7. The van der Waals surface area contributed by atoms with E-state index in [0.717, 1.165) is 22.2 Å². The lowest BCUT2D eigenvalue weighted by Gasteiger charge is -2.15. The lowest BCUT2D eigenvalue weighted by molar-refractivity contribution is -0.125. The minimum Gasteiger partial charge on any atom is -0.457 e. The molecule has 0 aliphatic rings. The van der Waals surface area contributed by atoms with Crippen LogP contribution in [0.15, 0.2) is 72.8 Å². The second kappa shape index (κ2) is 9.49. The molecule has 3 aromatic carbocycles. The van der Waals surface area contributed by atoms with E-state index >= 15 is 0 Å². The molecule has 0 bridgehead atoms. The summed E-state index contributed by atoms with van der Waals surface area (Å²) in [6.45, 7) is 3.58. The van der Waals surface area contributed by atoms with Gasteiger partial charge in [-0.3, -0.25) is 9.89 Å². The van der Waals surface area contributed by atoms with Gasteiger partial charge in [0.15, 0.2) is 0 Å². The van der Waals surface area contributed by atoms with Crippen LogP contribution < -0.4 is 10.1 Å². The van der Waals surface area contributed by atoms with Crippen molar-refractivity contribution in [2.45, 2.75) is 20.0 Å². The largest absolute Gasteiger partial charge is 0.457 e. The van der Waals surface area contributed by atoms with Crippen molar-refractivity contribution in [3.63, 3.8) is 0 Å². The van der Waals surface area contributed by atoms with E-state index < -0.39 is 12.0 Å². The molecule has 1 atom stereocenters. The van der Waals surface area contributed by atoms with E-state index in [4.69, 9.17) is 4.74 Å². The maximum absolute atomic E-state index is 12.1. The highest BCUT2D eigenvalue weighted by Gasteiger charge is 2.18. The Morgan fingerprint density at radius 3 is 2.56 bits per heavy atom. The number of fused-ring (bicyclic) bond motifs is 1. The predicted octanol–water partition coefficient (Wildman–Crippen LogP) is 5.48. The van der Waals surface area contributed by atoms with E-state index in [2.05, 4.69) is 15.5 Å². The van der Waals surface area contributed by atoms with Crippen molar-refractivity contribution in [2.75, 3.05) is 5.32 Å². The van der Waals surface area contributed by atoms with Crippen LogP contribution in [0.1, 0.15) is 25.1 Å². The van der Waals surface area contributed by atoms with Crippen LogP contribution in [-0.4, -0.2) is 27.3 Å². The summed E-state index contributed by atoms with van der Waals surface area (Å²) in [5.41, 5.74) is 3.38. The number of anilines is 1. The Hall–Kier alpha value is -3.90. The fourth-order valence-corrected chi connectivity index (χ4v) is 3.24. The molecule has 0 spiro atoms. The van der Waals surface area contributed by atoms with Crippen LogP contribution in [-0.2, 0) is 4.79 Å². The van der Waals surface area contributed by atoms with E-state index in [-0.39, 0.29) is 5.92 Å². The fourth-order valence-electron chi connectivity index (χ4n) is 3.24. The Morgan fingerprint density at radius 2 is 1.78 bits per heavy atom. The summed E-state index contributed by atoms with van der Waals surface area (Å²) in [4.78, 5) is 12.1. The maximum Gasteiger partial charge on any atom is 0.253 e. The topological polar surface area (TPSA) is 87.2 Å². The van der Waals surface area contributed by atoms with Crippen LogP contribution >= 0.6 is 0 Å². The second-order valence-corrected chi connectivity index (χ2v) is 7.87. The number of hydrogen-bond acceptors (Lipinski definition) is 4. The average molecular weight is 428 g/mol. The van der Waals surface area contributed by atoms with Gasteiger partial charge in [-0.1, -0.05) is 56.3 Å². The van der Waals surface area contributed by atoms with Gasteiger partial charge in [-0.25, -0.2) is 0 Å². The lowest BCUT2D eigenvalue weighted by atomic mass is 10.1. The second-order valence-electron chi connectivity index (χ2n) is 7.87. The first-order valence-electron chi connectivity index (χ1n) is 10.5. The Bertz CT molecular complexity index is 1250. The van der Waals surface area contributed by atoms with Gasteiger partial charge >= 0.3 is 0 Å². The number of hydrogen-bond donors (Lipinski definition) is 3. The van der Waals surface area contributed by atoms with Gasteiger partial charge in [0.2, 0.25) is 0 Å². The van der Waals surface area contributed by atoms with Crippen molar-refractivity contribution < 1.29 is 14.6 Å². The molecular formula is C26H25N3O3. The standard InChI is InChI=1S/C26H25N3O3/c1-17(2)25(30)26(31)27-19-9-6-10-20(15-19)32-21-12-13-22-23(28-29-24(22)16-21)14-11-18-7-4-3-5-8-18/h3-17,25,30H,1-2H3,(H,27,31)(H,28,29)/b14-11+/t25-/m1/s1. The number of nitrogens with one attached hydrogen (secondary N) is 2. The molecule has 0 aliphatic heterocycles. The molecule has 3 N–H and O–H groups in total. The van der Waals surface area contributed by atoms with Crippen LogP contribution in [0.3, 0.4) is 0 Å². The van der Waals surface area contributed by atoms with Gasteiger partial charge in [0.05, 0.1) is 11.2 Å². The number of aromatic amines is 1. The Kier molecular flexibility index (Phi) is 6.33. The summed E-state index contributed by atoms with van der Waals surface area (Å²) in [5, 5.41) is 21.1. The van der Waals surface area contributed by atoms with E-state index in [0.29, 0.717) is 17.2 Å². The molecule has 6 nitrogen and oxygen atoms in total. The number of H-pyrrole nitrogens is 1. The molecule has 6 heteroatoms. The van der Waals surface area contributed by atoms with E-state index in [1.165, 1.54) is 0 Å². The normalized spacial score (nSPS) is 12.4. The minimum atomic E-state index is -1.06. The zero-order valence-corrected chi connectivity index (χ0v) is 17.9. The zero-order valence-electron chi connectivity index (χ0n) is 17.9. The van der Waals surface area contributed by atoms with E-state index in [1.807, 2.05) is 60.7 Å². The number of carbonyl (C=O) groups is 1. The molecular weight excluding hydrogens is 402 g/mol. The van der Waals surface area contributed by atoms with E-state index in [9.17, 15) is 9.90 Å². The molecule has 162 valence electrons. The number of nitrogens with zero attached hydrogens (tertiary/aromatic N) is 1. The third-order valence-corrected chi connectivity index (χ3v) is 5.03. The molecule has 4 rings (SSSR count). The summed E-state index contributed by atoms with van der Waals surface area (Å²) in [5.74, 6) is 0.616. The summed E-state index contributed by atoms with van der Waals surface area (Å²) in [6.07, 6.45) is 2.94. The van der Waals surface area contributed by atoms with Gasteiger partial charge in [-0.15, -0.1) is 0 Å². The smallest absolute Gasteiger partial charge is 0.253 e. The Morgan fingerprint density at radius 1 is 1.00 bits per heavy atom. The highest BCUT2D eigenvalue weighted by Crippen LogP contribution is 2.28. The van der Waals surface area contributed by atoms with Gasteiger partial charge in [0.25, 0.3) is 5.91 Å². The fraction of sp³-hybridized carbons (Fsp3) is 0.154. The van der Waals surface area contributed by atoms with Gasteiger partial charge < -0.3 is 15.2 Å². The summed E-state index contributed by atoms with van der Waals surface area (Å²) >= 11 is 0. The minimum absolute atomic E-state index is 0.164. The van der Waals surface area contributed by atoms with Gasteiger partial charge in [-0.2, -0.15) is 5.10 Å². The SMILES string of the molecule is CC(C)[C@@H](O)C(=O)Nc1cccc(Oc2ccc3c(/C=C/c4ccccc4)n[nH]c3c2)c1. The third kappa shape index (κ3) is 5.04. The van der Waals surface area contributed by atoms with Gasteiger partial charge in [-0.05, 0) is 41.8 Å². The molecule has 0 fully saturated rings. The van der Waals surface area contributed by atoms with Crippen molar-refractivity contribution in [3.05, 3.63) is 84.1 Å². The molecule has 0 unspecified atom stereocenters. The summed E-state index contributed by atoms with van der Waals surface area (Å²) in [6, 6.07) is 22.9. The first-order chi connectivity index (χ1) is 15.5. The molecule has 32 heavy (non-hydrogen) atoms. The molecule has 0 saturated carbocycles. The Labute approximate surface area is 186 Å². The van der Waals surface area contributed by atoms with E-state index in [1.54, 1.807) is 38.1 Å². The van der Waals surface area contributed by atoms with Crippen LogP contribution in [0.2, 0.25) is 0 Å². The van der Waals surface area contributed by atoms with Crippen molar-refractivity contribution >= 4 is 34.6 Å². The molecule has 1 amide bonds. The maximum atomic E-state index is 12.1. The van der Waals surface area contributed by atoms with Crippen LogP contribution in [0.4, 0.5) is 5.69 Å². The van der Waals surface area contributed by atoms with Crippen LogP contribution in [0.25, 0.3) is 23.1 Å². The number of ether oxygens (including phenoxy) is 1. The summed E-state index contributed by atoms with van der Waals surface area (Å²) in [7, 11) is 0. The third-order valence-electron chi connectivity index (χ3n) is 5.03. The van der Waals surface area contributed by atoms with Crippen molar-refractivity contribution in [1.29, 1.82) is 0 Å². The number of aromatic nitrogens is 2. The molecule has 0 radical (unpaired) electrons. The number of carbonyl (C=O) groups excluding carboxylic acids is 1. The highest BCUT2D eigenvalue weighted by atomic mass is 16.5. The van der Waals surface area contributed by atoms with Gasteiger partial charge in [0, 0.05) is 23.2 Å². The number of benzene rings is 3. The quantitative estimate of drug-likeness (QED) is 0.364. The zero-order chi connectivity index (χ0) is 22.5. The lowest BCUT2D eigenvalue weighted by Crippen LogP contribution is -2.31. The number of aliphatic hydroxyl groups is 1. The number of aliphatic hydroxyl groups excluding tert-OH is 1. The predicted molar refractivity (Wildman–Crippen MR) is 127 cm³/mol. The van der Waals surface area contributed by atoms with Crippen LogP contribution in [0.5, 0.6) is 11.5 Å². The summed E-state index contributed by atoms with van der Waals surface area (Å²) < 4.78 is 5.98. The molecule has 0 aliphatic carbocycles. The molecule has 4 aromatic rings. The van der Waals surface area contributed by atoms with Gasteiger partial charge in [0.1, 0.15) is 17.6 Å². The monoisotopic (exact) mass is 427 g/mol. The molecule has 1 aromatic heterocycles. The van der Waals surface area contributed by atoms with Crippen molar-refractivity contribution in [2.24, 2.45) is 5.92 Å². The Balaban J connectivity index is 1.48. The van der Waals surface area contributed by atoms with Crippen LogP contribution in [0, 0.1) is 5.92 Å². The molecule has 0 saturated heterocycles. The molecule has 1 heterocycles. The highest BCUT2D eigenvalue weighted by molar-refractivity contribution is 5.94.